The van der Waals surface area contributed by atoms with Crippen LogP contribution < -0.4 is 5.32 Å². The fraction of sp³-hybridized carbons (Fsp3) is 1.00. The molecule has 0 bridgehead atoms. The molecule has 0 radical (unpaired) electrons. The molecule has 1 aliphatic heterocycles. The van der Waals surface area contributed by atoms with Gasteiger partial charge in [-0.1, -0.05) is 20.8 Å². The Bertz CT molecular complexity index is 295. The minimum atomic E-state index is 0.196. The molecule has 3 fully saturated rings. The number of rotatable bonds is 1. The number of ether oxygens (including phenoxy) is 1. The SMILES string of the molecule is CC(C)(C)C1CCC2(CC1)OCCNC2C1CC1. The Morgan fingerprint density at radius 1 is 1.06 bits per heavy atom. The van der Waals surface area contributed by atoms with Gasteiger partial charge in [-0.25, -0.2) is 0 Å². The van der Waals surface area contributed by atoms with Crippen molar-refractivity contribution < 1.29 is 4.74 Å². The maximum Gasteiger partial charge on any atom is 0.0838 e. The lowest BCUT2D eigenvalue weighted by molar-refractivity contribution is -0.134. The zero-order valence-corrected chi connectivity index (χ0v) is 12.3. The highest BCUT2D eigenvalue weighted by molar-refractivity contribution is 5.05. The van der Waals surface area contributed by atoms with Crippen molar-refractivity contribution in [3.8, 4) is 0 Å². The van der Waals surface area contributed by atoms with E-state index in [1.165, 1.54) is 38.5 Å². The Morgan fingerprint density at radius 3 is 2.28 bits per heavy atom. The van der Waals surface area contributed by atoms with Gasteiger partial charge in [-0.05, 0) is 55.8 Å². The van der Waals surface area contributed by atoms with Gasteiger partial charge in [0.1, 0.15) is 0 Å². The van der Waals surface area contributed by atoms with Crippen LogP contribution >= 0.6 is 0 Å². The van der Waals surface area contributed by atoms with Crippen LogP contribution in [0.25, 0.3) is 0 Å². The molecule has 0 amide bonds. The summed E-state index contributed by atoms with van der Waals surface area (Å²) in [7, 11) is 0. The monoisotopic (exact) mass is 251 g/mol. The molecule has 1 heterocycles. The van der Waals surface area contributed by atoms with E-state index in [4.69, 9.17) is 4.74 Å². The van der Waals surface area contributed by atoms with Gasteiger partial charge in [0.25, 0.3) is 0 Å². The molecule has 0 aromatic heterocycles. The molecule has 1 saturated heterocycles. The lowest BCUT2D eigenvalue weighted by Gasteiger charge is -2.50. The summed E-state index contributed by atoms with van der Waals surface area (Å²) in [6.45, 7) is 9.17. The molecule has 2 aliphatic carbocycles. The van der Waals surface area contributed by atoms with E-state index in [-0.39, 0.29) is 5.60 Å². The lowest BCUT2D eigenvalue weighted by atomic mass is 9.66. The first-order chi connectivity index (χ1) is 8.51. The van der Waals surface area contributed by atoms with Crippen molar-refractivity contribution in [2.24, 2.45) is 17.3 Å². The Morgan fingerprint density at radius 2 is 1.72 bits per heavy atom. The first-order valence-electron chi connectivity index (χ1n) is 7.89. The summed E-state index contributed by atoms with van der Waals surface area (Å²) in [5.74, 6) is 1.80. The predicted molar refractivity (Wildman–Crippen MR) is 74.6 cm³/mol. The zero-order chi connectivity index (χ0) is 12.8. The predicted octanol–water partition coefficient (Wildman–Crippen LogP) is 3.36. The van der Waals surface area contributed by atoms with Crippen molar-refractivity contribution in [1.82, 2.24) is 5.32 Å². The second kappa shape index (κ2) is 4.49. The van der Waals surface area contributed by atoms with Crippen molar-refractivity contribution in [2.75, 3.05) is 13.2 Å². The molecule has 18 heavy (non-hydrogen) atoms. The van der Waals surface area contributed by atoms with Crippen LogP contribution in [0.3, 0.4) is 0 Å². The molecule has 0 aromatic carbocycles. The highest BCUT2D eigenvalue weighted by Crippen LogP contribution is 2.49. The molecule has 1 atom stereocenters. The van der Waals surface area contributed by atoms with Gasteiger partial charge in [-0.3, -0.25) is 0 Å². The Hall–Kier alpha value is -0.0800. The van der Waals surface area contributed by atoms with E-state index >= 15 is 0 Å². The van der Waals surface area contributed by atoms with Gasteiger partial charge >= 0.3 is 0 Å². The third-order valence-corrected chi connectivity index (χ3v) is 5.57. The zero-order valence-electron chi connectivity index (χ0n) is 12.3. The standard InChI is InChI=1S/C16H29NO/c1-15(2,3)13-6-8-16(9-7-13)14(12-4-5-12)17-10-11-18-16/h12-14,17H,4-11H2,1-3H3. The van der Waals surface area contributed by atoms with Crippen LogP contribution in [0.15, 0.2) is 0 Å². The second-order valence-corrected chi connectivity index (χ2v) is 7.82. The summed E-state index contributed by atoms with van der Waals surface area (Å²) in [4.78, 5) is 0. The van der Waals surface area contributed by atoms with Gasteiger partial charge in [-0.2, -0.15) is 0 Å². The van der Waals surface area contributed by atoms with E-state index in [9.17, 15) is 0 Å². The molecule has 0 aromatic rings. The van der Waals surface area contributed by atoms with Gasteiger partial charge < -0.3 is 10.1 Å². The Kier molecular flexibility index (Phi) is 3.22. The van der Waals surface area contributed by atoms with Crippen LogP contribution in [0.4, 0.5) is 0 Å². The average Bonchev–Trinajstić information content (AvgIpc) is 3.13. The van der Waals surface area contributed by atoms with Gasteiger partial charge in [0.15, 0.2) is 0 Å². The topological polar surface area (TPSA) is 21.3 Å². The number of hydrogen-bond donors (Lipinski definition) is 1. The summed E-state index contributed by atoms with van der Waals surface area (Å²) >= 11 is 0. The summed E-state index contributed by atoms with van der Waals surface area (Å²) < 4.78 is 6.32. The third kappa shape index (κ3) is 2.34. The summed E-state index contributed by atoms with van der Waals surface area (Å²) in [6, 6.07) is 0.659. The van der Waals surface area contributed by atoms with Crippen molar-refractivity contribution in [1.29, 1.82) is 0 Å². The van der Waals surface area contributed by atoms with E-state index in [1.54, 1.807) is 0 Å². The van der Waals surface area contributed by atoms with Crippen molar-refractivity contribution in [3.05, 3.63) is 0 Å². The minimum absolute atomic E-state index is 0.196. The highest BCUT2D eigenvalue weighted by Gasteiger charge is 2.51. The normalized spacial score (nSPS) is 42.2. The van der Waals surface area contributed by atoms with E-state index in [0.717, 1.165) is 25.0 Å². The largest absolute Gasteiger partial charge is 0.372 e. The van der Waals surface area contributed by atoms with Gasteiger partial charge in [0, 0.05) is 12.6 Å². The van der Waals surface area contributed by atoms with Crippen molar-refractivity contribution in [3.63, 3.8) is 0 Å². The fourth-order valence-electron chi connectivity index (χ4n) is 4.20. The molecule has 1 unspecified atom stereocenters. The molecular weight excluding hydrogens is 222 g/mol. The molecule has 3 rings (SSSR count). The molecule has 2 saturated carbocycles. The van der Waals surface area contributed by atoms with Crippen LogP contribution in [0, 0.1) is 17.3 Å². The maximum absolute atomic E-state index is 6.32. The molecule has 2 heteroatoms. The minimum Gasteiger partial charge on any atom is -0.372 e. The first kappa shape index (κ1) is 12.9. The summed E-state index contributed by atoms with van der Waals surface area (Å²) in [5, 5.41) is 3.77. The molecule has 2 nitrogen and oxygen atoms in total. The average molecular weight is 251 g/mol. The molecule has 1 N–H and O–H groups in total. The van der Waals surface area contributed by atoms with E-state index in [0.29, 0.717) is 11.5 Å². The van der Waals surface area contributed by atoms with Crippen LogP contribution in [-0.4, -0.2) is 24.8 Å². The summed E-state index contributed by atoms with van der Waals surface area (Å²) in [6.07, 6.45) is 8.12. The molecule has 3 aliphatic rings. The molecular formula is C16H29NO. The van der Waals surface area contributed by atoms with E-state index in [1.807, 2.05) is 0 Å². The molecule has 104 valence electrons. The number of hydrogen-bond acceptors (Lipinski definition) is 2. The Balaban J connectivity index is 1.68. The maximum atomic E-state index is 6.32. The van der Waals surface area contributed by atoms with E-state index in [2.05, 4.69) is 26.1 Å². The number of nitrogens with one attached hydrogen (secondary N) is 1. The Labute approximate surface area is 112 Å². The van der Waals surface area contributed by atoms with Gasteiger partial charge in [0.05, 0.1) is 12.2 Å². The van der Waals surface area contributed by atoms with Crippen molar-refractivity contribution >= 4 is 0 Å². The van der Waals surface area contributed by atoms with Gasteiger partial charge in [0.2, 0.25) is 0 Å². The lowest BCUT2D eigenvalue weighted by Crippen LogP contribution is -2.60. The van der Waals surface area contributed by atoms with Crippen molar-refractivity contribution in [2.45, 2.75) is 70.9 Å². The molecule has 1 spiro atoms. The van der Waals surface area contributed by atoms with Crippen LogP contribution in [0.5, 0.6) is 0 Å². The van der Waals surface area contributed by atoms with E-state index < -0.39 is 0 Å². The first-order valence-corrected chi connectivity index (χ1v) is 7.89. The van der Waals surface area contributed by atoms with Crippen LogP contribution in [0.1, 0.15) is 59.3 Å². The van der Waals surface area contributed by atoms with Gasteiger partial charge in [-0.15, -0.1) is 0 Å². The van der Waals surface area contributed by atoms with Crippen LogP contribution in [0.2, 0.25) is 0 Å². The fourth-order valence-corrected chi connectivity index (χ4v) is 4.20. The highest BCUT2D eigenvalue weighted by atomic mass is 16.5. The quantitative estimate of drug-likeness (QED) is 0.771. The second-order valence-electron chi connectivity index (χ2n) is 7.82. The summed E-state index contributed by atoms with van der Waals surface area (Å²) in [5.41, 5.74) is 0.667. The smallest absolute Gasteiger partial charge is 0.0838 e. The van der Waals surface area contributed by atoms with Crippen LogP contribution in [-0.2, 0) is 4.74 Å². The number of morpholine rings is 1. The third-order valence-electron chi connectivity index (χ3n) is 5.57.